The molecule has 4 rings (SSSR count). The van der Waals surface area contributed by atoms with Crippen molar-refractivity contribution in [3.8, 4) is 0 Å². The standard InChI is InChI=1S/C20H17ClF2N4O/c1-2-16(28)26-6-8-27(9-7-26)20-17-15(24-11-25-20)10-13(18(21)19(17)23)12-4-3-5-14(12)22/h2-5,10-12H,1,6-9H2. The van der Waals surface area contributed by atoms with Gasteiger partial charge >= 0.3 is 0 Å². The highest BCUT2D eigenvalue weighted by atomic mass is 35.5. The maximum absolute atomic E-state index is 15.2. The average molecular weight is 403 g/mol. The van der Waals surface area contributed by atoms with Crippen molar-refractivity contribution < 1.29 is 13.6 Å². The van der Waals surface area contributed by atoms with Gasteiger partial charge in [-0.1, -0.05) is 30.3 Å². The number of allylic oxidation sites excluding steroid dienone is 4. The zero-order valence-corrected chi connectivity index (χ0v) is 15.7. The summed E-state index contributed by atoms with van der Waals surface area (Å²) < 4.78 is 29.3. The Labute approximate surface area is 165 Å². The van der Waals surface area contributed by atoms with E-state index in [-0.39, 0.29) is 16.3 Å². The monoisotopic (exact) mass is 402 g/mol. The Balaban J connectivity index is 1.72. The fraction of sp³-hybridized carbons (Fsp3) is 0.250. The molecule has 1 aliphatic carbocycles. The zero-order valence-electron chi connectivity index (χ0n) is 14.9. The van der Waals surface area contributed by atoms with Crippen molar-refractivity contribution in [3.05, 3.63) is 65.5 Å². The minimum atomic E-state index is -0.710. The van der Waals surface area contributed by atoms with Gasteiger partial charge in [-0.05, 0) is 23.8 Å². The first-order chi connectivity index (χ1) is 13.5. The highest BCUT2D eigenvalue weighted by Crippen LogP contribution is 2.40. The highest BCUT2D eigenvalue weighted by molar-refractivity contribution is 6.32. The van der Waals surface area contributed by atoms with E-state index in [1.54, 1.807) is 23.1 Å². The van der Waals surface area contributed by atoms with Gasteiger partial charge in [-0.25, -0.2) is 18.7 Å². The molecule has 5 nitrogen and oxygen atoms in total. The summed E-state index contributed by atoms with van der Waals surface area (Å²) in [6, 6.07) is 1.61. The normalized spacial score (nSPS) is 19.2. The van der Waals surface area contributed by atoms with Crippen LogP contribution in [0.3, 0.4) is 0 Å². The van der Waals surface area contributed by atoms with Gasteiger partial charge in [0.1, 0.15) is 18.0 Å². The molecule has 1 fully saturated rings. The minimum absolute atomic E-state index is 0.134. The number of carbonyl (C=O) groups excluding carboxylic acids is 1. The molecule has 1 aliphatic heterocycles. The van der Waals surface area contributed by atoms with Crippen molar-refractivity contribution in [2.45, 2.75) is 5.92 Å². The van der Waals surface area contributed by atoms with E-state index in [1.807, 2.05) is 4.90 Å². The third kappa shape index (κ3) is 3.05. The molecule has 1 amide bonds. The van der Waals surface area contributed by atoms with Crippen LogP contribution in [0.2, 0.25) is 5.02 Å². The lowest BCUT2D eigenvalue weighted by molar-refractivity contribution is -0.126. The third-order valence-electron chi connectivity index (χ3n) is 5.07. The second-order valence-corrected chi connectivity index (χ2v) is 6.99. The molecule has 2 heterocycles. The number of fused-ring (bicyclic) bond motifs is 1. The molecule has 1 unspecified atom stereocenters. The van der Waals surface area contributed by atoms with E-state index < -0.39 is 17.6 Å². The number of halogens is 3. The summed E-state index contributed by atoms with van der Waals surface area (Å²) >= 11 is 6.27. The second kappa shape index (κ2) is 7.31. The van der Waals surface area contributed by atoms with Crippen LogP contribution in [0.25, 0.3) is 10.9 Å². The molecule has 0 spiro atoms. The average Bonchev–Trinajstić information content (AvgIpc) is 3.15. The Hall–Kier alpha value is -2.80. The minimum Gasteiger partial charge on any atom is -0.352 e. The summed E-state index contributed by atoms with van der Waals surface area (Å²) in [7, 11) is 0. The van der Waals surface area contributed by atoms with Gasteiger partial charge in [0.2, 0.25) is 5.91 Å². The number of rotatable bonds is 3. The largest absolute Gasteiger partial charge is 0.352 e. The number of carbonyl (C=O) groups is 1. The predicted molar refractivity (Wildman–Crippen MR) is 105 cm³/mol. The fourth-order valence-corrected chi connectivity index (χ4v) is 3.86. The van der Waals surface area contributed by atoms with Gasteiger partial charge in [0.25, 0.3) is 0 Å². The van der Waals surface area contributed by atoms with Crippen LogP contribution in [0.5, 0.6) is 0 Å². The Bertz CT molecular complexity index is 1030. The second-order valence-electron chi connectivity index (χ2n) is 6.62. The molecule has 2 aliphatic rings. The van der Waals surface area contributed by atoms with Crippen molar-refractivity contribution in [1.29, 1.82) is 0 Å². The summed E-state index contributed by atoms with van der Waals surface area (Å²) in [5, 5.41) is 0.0650. The summed E-state index contributed by atoms with van der Waals surface area (Å²) in [6.07, 6.45) is 7.17. The summed E-state index contributed by atoms with van der Waals surface area (Å²) in [5.41, 5.74) is 0.694. The molecule has 1 saturated heterocycles. The molecule has 144 valence electrons. The number of hydrogen-bond acceptors (Lipinski definition) is 4. The summed E-state index contributed by atoms with van der Waals surface area (Å²) in [6.45, 7) is 5.44. The zero-order chi connectivity index (χ0) is 19.8. The summed E-state index contributed by atoms with van der Waals surface area (Å²) in [5.74, 6) is -1.48. The molecular weight excluding hydrogens is 386 g/mol. The van der Waals surface area contributed by atoms with Gasteiger partial charge in [0.15, 0.2) is 5.82 Å². The Morgan fingerprint density at radius 2 is 2.00 bits per heavy atom. The van der Waals surface area contributed by atoms with E-state index in [9.17, 15) is 9.18 Å². The quantitative estimate of drug-likeness (QED) is 0.733. The number of piperazine rings is 1. The van der Waals surface area contributed by atoms with Crippen LogP contribution >= 0.6 is 11.6 Å². The predicted octanol–water partition coefficient (Wildman–Crippen LogP) is 3.76. The van der Waals surface area contributed by atoms with Crippen molar-refractivity contribution in [3.63, 3.8) is 0 Å². The smallest absolute Gasteiger partial charge is 0.246 e. The van der Waals surface area contributed by atoms with Crippen LogP contribution in [0.4, 0.5) is 14.6 Å². The lowest BCUT2D eigenvalue weighted by Gasteiger charge is -2.35. The van der Waals surface area contributed by atoms with Gasteiger partial charge in [-0.15, -0.1) is 0 Å². The molecule has 1 aromatic carbocycles. The lowest BCUT2D eigenvalue weighted by Crippen LogP contribution is -2.48. The maximum Gasteiger partial charge on any atom is 0.246 e. The van der Waals surface area contributed by atoms with E-state index in [4.69, 9.17) is 11.6 Å². The van der Waals surface area contributed by atoms with Crippen LogP contribution < -0.4 is 4.90 Å². The molecule has 0 N–H and O–H groups in total. The van der Waals surface area contributed by atoms with Crippen LogP contribution in [0.15, 0.2) is 49.1 Å². The van der Waals surface area contributed by atoms with Gasteiger partial charge in [0.05, 0.1) is 21.8 Å². The third-order valence-corrected chi connectivity index (χ3v) is 5.46. The van der Waals surface area contributed by atoms with Crippen LogP contribution in [-0.2, 0) is 4.79 Å². The van der Waals surface area contributed by atoms with Gasteiger partial charge in [-0.3, -0.25) is 4.79 Å². The topological polar surface area (TPSA) is 49.3 Å². The molecule has 2 aromatic rings. The van der Waals surface area contributed by atoms with Crippen LogP contribution in [-0.4, -0.2) is 47.0 Å². The van der Waals surface area contributed by atoms with Crippen LogP contribution in [0, 0.1) is 5.82 Å². The Kier molecular flexibility index (Phi) is 4.85. The van der Waals surface area contributed by atoms with Crippen molar-refractivity contribution >= 4 is 34.2 Å². The maximum atomic E-state index is 15.2. The summed E-state index contributed by atoms with van der Waals surface area (Å²) in [4.78, 5) is 23.8. The van der Waals surface area contributed by atoms with Gasteiger partial charge in [-0.2, -0.15) is 0 Å². The first-order valence-electron chi connectivity index (χ1n) is 8.84. The van der Waals surface area contributed by atoms with Crippen LogP contribution in [0.1, 0.15) is 11.5 Å². The fourth-order valence-electron chi connectivity index (χ4n) is 3.60. The van der Waals surface area contributed by atoms with E-state index in [0.29, 0.717) is 43.1 Å². The molecule has 1 aromatic heterocycles. The van der Waals surface area contributed by atoms with Crippen molar-refractivity contribution in [2.75, 3.05) is 31.1 Å². The molecule has 0 bridgehead atoms. The van der Waals surface area contributed by atoms with E-state index in [2.05, 4.69) is 16.5 Å². The molecule has 0 saturated carbocycles. The van der Waals surface area contributed by atoms with Gasteiger partial charge in [0, 0.05) is 26.2 Å². The number of aromatic nitrogens is 2. The molecule has 0 radical (unpaired) electrons. The van der Waals surface area contributed by atoms with E-state index in [0.717, 1.165) is 0 Å². The lowest BCUT2D eigenvalue weighted by atomic mass is 9.97. The highest BCUT2D eigenvalue weighted by Gasteiger charge is 2.27. The number of anilines is 1. The first kappa shape index (κ1) is 18.6. The molecular formula is C20H17ClF2N4O. The number of nitrogens with zero attached hydrogens (tertiary/aromatic N) is 4. The van der Waals surface area contributed by atoms with E-state index >= 15 is 4.39 Å². The van der Waals surface area contributed by atoms with E-state index in [1.165, 1.54) is 18.5 Å². The van der Waals surface area contributed by atoms with Crippen molar-refractivity contribution in [2.24, 2.45) is 0 Å². The Morgan fingerprint density at radius 1 is 1.25 bits per heavy atom. The number of benzene rings is 1. The molecule has 28 heavy (non-hydrogen) atoms. The van der Waals surface area contributed by atoms with Gasteiger partial charge < -0.3 is 9.80 Å². The first-order valence-corrected chi connectivity index (χ1v) is 9.22. The molecule has 8 heteroatoms. The van der Waals surface area contributed by atoms with Crippen molar-refractivity contribution in [1.82, 2.24) is 14.9 Å². The number of amides is 1. The Morgan fingerprint density at radius 3 is 2.64 bits per heavy atom. The number of hydrogen-bond donors (Lipinski definition) is 0. The SMILES string of the molecule is C=CC(=O)N1CCN(c2ncnc3cc(C4C=CC=C4F)c(Cl)c(F)c23)CC1. The molecule has 1 atom stereocenters.